The molecule has 3 N–H and O–H groups in total. The van der Waals surface area contributed by atoms with E-state index in [1.807, 2.05) is 30.3 Å². The molecule has 6 nitrogen and oxygen atoms in total. The van der Waals surface area contributed by atoms with Gasteiger partial charge in [-0.2, -0.15) is 0 Å². The van der Waals surface area contributed by atoms with Crippen molar-refractivity contribution in [2.75, 3.05) is 30.3 Å². The minimum Gasteiger partial charge on any atom is -0.349 e. The normalized spacial score (nSPS) is 15.0. The highest BCUT2D eigenvalue weighted by molar-refractivity contribution is 6.00. The summed E-state index contributed by atoms with van der Waals surface area (Å²) in [6, 6.07) is 16.1. The van der Waals surface area contributed by atoms with Crippen LogP contribution in [0.1, 0.15) is 36.5 Å². The van der Waals surface area contributed by atoms with Crippen LogP contribution in [0.2, 0.25) is 0 Å². The van der Waals surface area contributed by atoms with Crippen LogP contribution in [-0.4, -0.2) is 42.5 Å². The molecule has 2 aromatic rings. The Labute approximate surface area is 166 Å². The minimum atomic E-state index is -0.317. The van der Waals surface area contributed by atoms with Gasteiger partial charge in [-0.25, -0.2) is 4.79 Å². The number of likely N-dealkylation sites (tertiary alicyclic amines) is 1. The van der Waals surface area contributed by atoms with Gasteiger partial charge in [0.25, 0.3) is 5.91 Å². The number of hydrogen-bond donors (Lipinski definition) is 3. The van der Waals surface area contributed by atoms with Crippen molar-refractivity contribution in [3.05, 3.63) is 60.2 Å². The molecule has 1 saturated heterocycles. The largest absolute Gasteiger partial charge is 0.349 e. The van der Waals surface area contributed by atoms with E-state index >= 15 is 0 Å². The third kappa shape index (κ3) is 5.82. The Bertz CT molecular complexity index is 769. The summed E-state index contributed by atoms with van der Waals surface area (Å²) in [6.45, 7) is 5.40. The molecule has 3 rings (SSSR count). The van der Waals surface area contributed by atoms with Gasteiger partial charge in [0.15, 0.2) is 0 Å². The van der Waals surface area contributed by atoms with Crippen molar-refractivity contribution in [3.63, 3.8) is 0 Å². The zero-order valence-electron chi connectivity index (χ0n) is 16.3. The van der Waals surface area contributed by atoms with Crippen molar-refractivity contribution in [2.24, 2.45) is 0 Å². The Morgan fingerprint density at radius 1 is 0.929 bits per heavy atom. The summed E-state index contributed by atoms with van der Waals surface area (Å²) >= 11 is 0. The molecule has 0 aromatic heterocycles. The Kier molecular flexibility index (Phi) is 7.03. The SMILES string of the molecule is CCCN1CCC(NC(=O)c2ccc(NC(=O)Nc3ccccc3)cc2)CC1. The van der Waals surface area contributed by atoms with Gasteiger partial charge in [-0.3, -0.25) is 4.79 Å². The topological polar surface area (TPSA) is 73.5 Å². The lowest BCUT2D eigenvalue weighted by molar-refractivity contribution is 0.0911. The van der Waals surface area contributed by atoms with Crippen LogP contribution in [0, 0.1) is 0 Å². The predicted molar refractivity (Wildman–Crippen MR) is 113 cm³/mol. The number of amides is 3. The van der Waals surface area contributed by atoms with E-state index in [2.05, 4.69) is 27.8 Å². The second kappa shape index (κ2) is 9.90. The van der Waals surface area contributed by atoms with E-state index in [-0.39, 0.29) is 18.0 Å². The molecule has 0 spiro atoms. The van der Waals surface area contributed by atoms with Crippen molar-refractivity contribution in [2.45, 2.75) is 32.2 Å². The van der Waals surface area contributed by atoms with Gasteiger partial charge in [-0.05, 0) is 62.2 Å². The van der Waals surface area contributed by atoms with Gasteiger partial charge in [-0.1, -0.05) is 25.1 Å². The Morgan fingerprint density at radius 3 is 2.14 bits per heavy atom. The van der Waals surface area contributed by atoms with E-state index < -0.39 is 0 Å². The molecule has 6 heteroatoms. The standard InChI is InChI=1S/C22H28N4O2/c1-2-14-26-15-12-20(13-16-26)23-21(27)17-8-10-19(11-9-17)25-22(28)24-18-6-4-3-5-7-18/h3-11,20H,2,12-16H2,1H3,(H,23,27)(H2,24,25,28). The molecule has 1 aliphatic rings. The number of para-hydroxylation sites is 1. The van der Waals surface area contributed by atoms with E-state index in [0.29, 0.717) is 11.3 Å². The predicted octanol–water partition coefficient (Wildman–Crippen LogP) is 3.93. The first-order chi connectivity index (χ1) is 13.6. The number of carbonyl (C=O) groups is 2. The lowest BCUT2D eigenvalue weighted by atomic mass is 10.0. The van der Waals surface area contributed by atoms with E-state index in [0.717, 1.165) is 38.2 Å². The maximum absolute atomic E-state index is 12.5. The number of benzene rings is 2. The summed E-state index contributed by atoms with van der Waals surface area (Å²) in [5.41, 5.74) is 1.96. The molecular formula is C22H28N4O2. The van der Waals surface area contributed by atoms with Gasteiger partial charge in [0, 0.05) is 36.1 Å². The van der Waals surface area contributed by atoms with Crippen LogP contribution in [0.4, 0.5) is 16.2 Å². The average molecular weight is 380 g/mol. The smallest absolute Gasteiger partial charge is 0.323 e. The first-order valence-electron chi connectivity index (χ1n) is 9.90. The van der Waals surface area contributed by atoms with Crippen LogP contribution in [-0.2, 0) is 0 Å². The van der Waals surface area contributed by atoms with Gasteiger partial charge in [0.1, 0.15) is 0 Å². The third-order valence-electron chi connectivity index (χ3n) is 4.90. The van der Waals surface area contributed by atoms with Crippen LogP contribution in [0.25, 0.3) is 0 Å². The molecule has 0 aliphatic carbocycles. The van der Waals surface area contributed by atoms with E-state index in [1.54, 1.807) is 24.3 Å². The van der Waals surface area contributed by atoms with Crippen LogP contribution in [0.5, 0.6) is 0 Å². The molecule has 28 heavy (non-hydrogen) atoms. The van der Waals surface area contributed by atoms with Crippen molar-refractivity contribution >= 4 is 23.3 Å². The molecule has 148 valence electrons. The number of rotatable bonds is 6. The maximum atomic E-state index is 12.5. The molecule has 1 aliphatic heterocycles. The second-order valence-corrected chi connectivity index (χ2v) is 7.11. The molecular weight excluding hydrogens is 352 g/mol. The Balaban J connectivity index is 1.47. The number of piperidine rings is 1. The fraction of sp³-hybridized carbons (Fsp3) is 0.364. The zero-order valence-corrected chi connectivity index (χ0v) is 16.3. The molecule has 0 saturated carbocycles. The molecule has 0 radical (unpaired) electrons. The molecule has 2 aromatic carbocycles. The van der Waals surface area contributed by atoms with Gasteiger partial charge in [0.05, 0.1) is 0 Å². The average Bonchev–Trinajstić information content (AvgIpc) is 2.71. The summed E-state index contributed by atoms with van der Waals surface area (Å²) in [5, 5.41) is 8.65. The van der Waals surface area contributed by atoms with Crippen molar-refractivity contribution in [3.8, 4) is 0 Å². The summed E-state index contributed by atoms with van der Waals surface area (Å²) in [5.74, 6) is -0.0609. The van der Waals surface area contributed by atoms with E-state index in [4.69, 9.17) is 0 Å². The van der Waals surface area contributed by atoms with Gasteiger partial charge in [-0.15, -0.1) is 0 Å². The molecule has 3 amide bonds. The number of nitrogens with zero attached hydrogens (tertiary/aromatic N) is 1. The van der Waals surface area contributed by atoms with Crippen molar-refractivity contribution in [1.29, 1.82) is 0 Å². The maximum Gasteiger partial charge on any atom is 0.323 e. The molecule has 1 fully saturated rings. The van der Waals surface area contributed by atoms with Crippen LogP contribution >= 0.6 is 0 Å². The monoisotopic (exact) mass is 380 g/mol. The quantitative estimate of drug-likeness (QED) is 0.711. The number of carbonyl (C=O) groups excluding carboxylic acids is 2. The number of urea groups is 1. The fourth-order valence-electron chi connectivity index (χ4n) is 3.41. The van der Waals surface area contributed by atoms with Crippen molar-refractivity contribution < 1.29 is 9.59 Å². The number of nitrogens with one attached hydrogen (secondary N) is 3. The Morgan fingerprint density at radius 2 is 1.54 bits per heavy atom. The fourth-order valence-corrected chi connectivity index (χ4v) is 3.41. The van der Waals surface area contributed by atoms with Gasteiger partial charge < -0.3 is 20.9 Å². The Hall–Kier alpha value is -2.86. The van der Waals surface area contributed by atoms with Crippen LogP contribution < -0.4 is 16.0 Å². The molecule has 1 heterocycles. The van der Waals surface area contributed by atoms with Crippen LogP contribution in [0.3, 0.4) is 0 Å². The first-order valence-corrected chi connectivity index (χ1v) is 9.90. The van der Waals surface area contributed by atoms with E-state index in [1.165, 1.54) is 6.42 Å². The van der Waals surface area contributed by atoms with Crippen LogP contribution in [0.15, 0.2) is 54.6 Å². The second-order valence-electron chi connectivity index (χ2n) is 7.11. The highest BCUT2D eigenvalue weighted by Crippen LogP contribution is 2.14. The highest BCUT2D eigenvalue weighted by atomic mass is 16.2. The first kappa shape index (κ1) is 19.9. The molecule has 0 bridgehead atoms. The zero-order chi connectivity index (χ0) is 19.8. The van der Waals surface area contributed by atoms with E-state index in [9.17, 15) is 9.59 Å². The van der Waals surface area contributed by atoms with Gasteiger partial charge in [0.2, 0.25) is 0 Å². The third-order valence-corrected chi connectivity index (χ3v) is 4.90. The number of anilines is 2. The van der Waals surface area contributed by atoms with Gasteiger partial charge >= 0.3 is 6.03 Å². The lowest BCUT2D eigenvalue weighted by Crippen LogP contribution is -2.44. The summed E-state index contributed by atoms with van der Waals surface area (Å²) in [4.78, 5) is 26.9. The molecule has 0 unspecified atom stereocenters. The summed E-state index contributed by atoms with van der Waals surface area (Å²) in [7, 11) is 0. The lowest BCUT2D eigenvalue weighted by Gasteiger charge is -2.32. The highest BCUT2D eigenvalue weighted by Gasteiger charge is 2.20. The summed E-state index contributed by atoms with van der Waals surface area (Å²) in [6.07, 6.45) is 3.15. The minimum absolute atomic E-state index is 0.0609. The molecule has 0 atom stereocenters. The number of hydrogen-bond acceptors (Lipinski definition) is 3. The summed E-state index contributed by atoms with van der Waals surface area (Å²) < 4.78 is 0. The van der Waals surface area contributed by atoms with Crippen molar-refractivity contribution in [1.82, 2.24) is 10.2 Å².